The molecule has 3 aromatic rings. The van der Waals surface area contributed by atoms with Crippen molar-refractivity contribution >= 4 is 17.3 Å². The minimum Gasteiger partial charge on any atom is -0.378 e. The molecule has 6 heteroatoms. The molecule has 1 aromatic heterocycles. The average Bonchev–Trinajstić information content (AvgIpc) is 3.12. The molecule has 138 valence electrons. The first-order valence-electron chi connectivity index (χ1n) is 9.07. The molecule has 2 heterocycles. The molecule has 0 unspecified atom stereocenters. The minimum absolute atomic E-state index is 0.214. The van der Waals surface area contributed by atoms with Crippen molar-refractivity contribution in [2.45, 2.75) is 6.92 Å². The van der Waals surface area contributed by atoms with Crippen molar-refractivity contribution in [3.8, 4) is 5.69 Å². The number of hydrogen-bond donors (Lipinski definition) is 1. The van der Waals surface area contributed by atoms with Gasteiger partial charge in [-0.05, 0) is 37.3 Å². The number of rotatable bonds is 4. The molecular formula is C21H22N4O2. The smallest absolute Gasteiger partial charge is 0.276 e. The van der Waals surface area contributed by atoms with Crippen LogP contribution in [0.3, 0.4) is 0 Å². The Bertz CT molecular complexity index is 930. The Balaban J connectivity index is 1.57. The number of benzene rings is 2. The molecule has 2 aromatic carbocycles. The number of ether oxygens (including phenoxy) is 1. The van der Waals surface area contributed by atoms with Gasteiger partial charge in [-0.3, -0.25) is 4.79 Å². The summed E-state index contributed by atoms with van der Waals surface area (Å²) >= 11 is 0. The van der Waals surface area contributed by atoms with E-state index < -0.39 is 0 Å². The van der Waals surface area contributed by atoms with Gasteiger partial charge >= 0.3 is 0 Å². The van der Waals surface area contributed by atoms with Crippen LogP contribution in [0.15, 0.2) is 60.7 Å². The van der Waals surface area contributed by atoms with Gasteiger partial charge < -0.3 is 15.0 Å². The largest absolute Gasteiger partial charge is 0.378 e. The molecule has 0 spiro atoms. The Morgan fingerprint density at radius 1 is 1.04 bits per heavy atom. The standard InChI is InChI=1S/C21H22N4O2/c1-16-15-19(23-25(16)17-7-3-2-4-8-17)21(26)22-18-9-5-6-10-20(18)24-11-13-27-14-12-24/h2-10,15H,11-14H2,1H3,(H,22,26). The second-order valence-corrected chi connectivity index (χ2v) is 6.49. The van der Waals surface area contributed by atoms with Gasteiger partial charge in [0.25, 0.3) is 5.91 Å². The Kier molecular flexibility index (Phi) is 4.89. The summed E-state index contributed by atoms with van der Waals surface area (Å²) in [6.45, 7) is 4.97. The van der Waals surface area contributed by atoms with Crippen molar-refractivity contribution in [1.29, 1.82) is 0 Å². The molecule has 27 heavy (non-hydrogen) atoms. The summed E-state index contributed by atoms with van der Waals surface area (Å²) in [5.41, 5.74) is 4.04. The van der Waals surface area contributed by atoms with E-state index in [-0.39, 0.29) is 5.91 Å². The van der Waals surface area contributed by atoms with Crippen LogP contribution in [0, 0.1) is 6.92 Å². The molecule has 0 aliphatic carbocycles. The quantitative estimate of drug-likeness (QED) is 0.774. The van der Waals surface area contributed by atoms with Gasteiger partial charge in [0.1, 0.15) is 0 Å². The van der Waals surface area contributed by atoms with E-state index in [0.29, 0.717) is 18.9 Å². The maximum Gasteiger partial charge on any atom is 0.276 e. The van der Waals surface area contributed by atoms with Crippen LogP contribution in [0.4, 0.5) is 11.4 Å². The lowest BCUT2D eigenvalue weighted by Gasteiger charge is -2.30. The predicted octanol–water partition coefficient (Wildman–Crippen LogP) is 3.27. The molecule has 0 bridgehead atoms. The van der Waals surface area contributed by atoms with Crippen LogP contribution in [-0.2, 0) is 4.74 Å². The fourth-order valence-corrected chi connectivity index (χ4v) is 3.26. The molecule has 6 nitrogen and oxygen atoms in total. The minimum atomic E-state index is -0.214. The van der Waals surface area contributed by atoms with Gasteiger partial charge in [0, 0.05) is 18.8 Å². The molecule has 1 saturated heterocycles. The number of aryl methyl sites for hydroxylation is 1. The van der Waals surface area contributed by atoms with Gasteiger partial charge in [0.2, 0.25) is 0 Å². The van der Waals surface area contributed by atoms with E-state index in [0.717, 1.165) is 35.8 Å². The van der Waals surface area contributed by atoms with Gasteiger partial charge in [-0.15, -0.1) is 0 Å². The van der Waals surface area contributed by atoms with Crippen molar-refractivity contribution in [2.75, 3.05) is 36.5 Å². The topological polar surface area (TPSA) is 59.4 Å². The molecule has 1 amide bonds. The highest BCUT2D eigenvalue weighted by Gasteiger charge is 2.18. The van der Waals surface area contributed by atoms with Crippen LogP contribution in [0.2, 0.25) is 0 Å². The van der Waals surface area contributed by atoms with Crippen molar-refractivity contribution in [3.05, 3.63) is 72.1 Å². The zero-order valence-electron chi connectivity index (χ0n) is 15.3. The van der Waals surface area contributed by atoms with E-state index in [4.69, 9.17) is 4.74 Å². The Hall–Kier alpha value is -3.12. The summed E-state index contributed by atoms with van der Waals surface area (Å²) in [4.78, 5) is 15.0. The second-order valence-electron chi connectivity index (χ2n) is 6.49. The second kappa shape index (κ2) is 7.63. The third kappa shape index (κ3) is 3.71. The maximum absolute atomic E-state index is 12.8. The van der Waals surface area contributed by atoms with E-state index in [9.17, 15) is 4.79 Å². The number of morpholine rings is 1. The van der Waals surface area contributed by atoms with Gasteiger partial charge in [-0.25, -0.2) is 4.68 Å². The SMILES string of the molecule is Cc1cc(C(=O)Nc2ccccc2N2CCOCC2)nn1-c1ccccc1. The summed E-state index contributed by atoms with van der Waals surface area (Å²) in [7, 11) is 0. The lowest BCUT2D eigenvalue weighted by atomic mass is 10.2. The maximum atomic E-state index is 12.8. The van der Waals surface area contributed by atoms with Crippen LogP contribution in [0.25, 0.3) is 5.69 Å². The van der Waals surface area contributed by atoms with Crippen LogP contribution in [0.5, 0.6) is 0 Å². The summed E-state index contributed by atoms with van der Waals surface area (Å²) in [6.07, 6.45) is 0. The van der Waals surface area contributed by atoms with Crippen LogP contribution < -0.4 is 10.2 Å². The zero-order valence-corrected chi connectivity index (χ0v) is 15.3. The van der Waals surface area contributed by atoms with E-state index >= 15 is 0 Å². The molecular weight excluding hydrogens is 340 g/mol. The monoisotopic (exact) mass is 362 g/mol. The van der Waals surface area contributed by atoms with E-state index in [1.165, 1.54) is 0 Å². The van der Waals surface area contributed by atoms with Gasteiger partial charge in [0.15, 0.2) is 5.69 Å². The number of nitrogens with one attached hydrogen (secondary N) is 1. The molecule has 1 aliphatic heterocycles. The summed E-state index contributed by atoms with van der Waals surface area (Å²) < 4.78 is 7.21. The molecule has 4 rings (SSSR count). The van der Waals surface area contributed by atoms with Gasteiger partial charge in [0.05, 0.1) is 30.3 Å². The number of anilines is 2. The Labute approximate surface area is 158 Å². The van der Waals surface area contributed by atoms with E-state index in [1.54, 1.807) is 10.7 Å². The van der Waals surface area contributed by atoms with Crippen molar-refractivity contribution in [1.82, 2.24) is 9.78 Å². The highest BCUT2D eigenvalue weighted by atomic mass is 16.5. The van der Waals surface area contributed by atoms with Crippen molar-refractivity contribution < 1.29 is 9.53 Å². The zero-order chi connectivity index (χ0) is 18.6. The number of hydrogen-bond acceptors (Lipinski definition) is 4. The number of carbonyl (C=O) groups is 1. The third-order valence-corrected chi connectivity index (χ3v) is 4.62. The van der Waals surface area contributed by atoms with Crippen LogP contribution in [-0.4, -0.2) is 42.0 Å². The van der Waals surface area contributed by atoms with Crippen LogP contribution in [0.1, 0.15) is 16.2 Å². The average molecular weight is 362 g/mol. The normalized spacial score (nSPS) is 14.2. The fourth-order valence-electron chi connectivity index (χ4n) is 3.26. The van der Waals surface area contributed by atoms with Gasteiger partial charge in [-0.1, -0.05) is 30.3 Å². The van der Waals surface area contributed by atoms with Crippen LogP contribution >= 0.6 is 0 Å². The lowest BCUT2D eigenvalue weighted by Crippen LogP contribution is -2.36. The molecule has 1 N–H and O–H groups in total. The van der Waals surface area contributed by atoms with Crippen molar-refractivity contribution in [2.24, 2.45) is 0 Å². The molecule has 0 radical (unpaired) electrons. The van der Waals surface area contributed by atoms with Crippen molar-refractivity contribution in [3.63, 3.8) is 0 Å². The third-order valence-electron chi connectivity index (χ3n) is 4.62. The Morgan fingerprint density at radius 3 is 2.52 bits per heavy atom. The molecule has 0 atom stereocenters. The number of aromatic nitrogens is 2. The first kappa shape index (κ1) is 17.3. The van der Waals surface area contributed by atoms with E-state index in [1.807, 2.05) is 61.5 Å². The number of para-hydroxylation sites is 3. The summed E-state index contributed by atoms with van der Waals surface area (Å²) in [5, 5.41) is 7.51. The fraction of sp³-hybridized carbons (Fsp3) is 0.238. The first-order valence-corrected chi connectivity index (χ1v) is 9.07. The summed E-state index contributed by atoms with van der Waals surface area (Å²) in [5.74, 6) is -0.214. The first-order chi connectivity index (χ1) is 13.2. The lowest BCUT2D eigenvalue weighted by molar-refractivity contribution is 0.102. The Morgan fingerprint density at radius 2 is 1.74 bits per heavy atom. The highest BCUT2D eigenvalue weighted by molar-refractivity contribution is 6.04. The highest BCUT2D eigenvalue weighted by Crippen LogP contribution is 2.27. The number of amides is 1. The molecule has 1 fully saturated rings. The van der Waals surface area contributed by atoms with Gasteiger partial charge in [-0.2, -0.15) is 5.10 Å². The summed E-state index contributed by atoms with van der Waals surface area (Å²) in [6, 6.07) is 19.5. The molecule has 1 aliphatic rings. The predicted molar refractivity (Wildman–Crippen MR) is 106 cm³/mol. The number of nitrogens with zero attached hydrogens (tertiary/aromatic N) is 3. The number of carbonyl (C=O) groups excluding carboxylic acids is 1. The van der Waals surface area contributed by atoms with E-state index in [2.05, 4.69) is 15.3 Å². The molecule has 0 saturated carbocycles.